The Hall–Kier alpha value is -1.08. The van der Waals surface area contributed by atoms with Crippen LogP contribution in [0.25, 0.3) is 0 Å². The van der Waals surface area contributed by atoms with E-state index in [1.807, 2.05) is 4.90 Å². The van der Waals surface area contributed by atoms with Crippen molar-refractivity contribution >= 4 is 5.91 Å². The van der Waals surface area contributed by atoms with Crippen LogP contribution in [0.2, 0.25) is 0 Å². The zero-order valence-corrected chi connectivity index (χ0v) is 14.2. The standard InChI is InChI=1S/C19H29N3O/c1-11-3-2-4-16(10-20)22(11)19(23)18(21)17-14-6-12-5-13(8-14)9-15(17)7-12/h11-18H,2-9,21H2,1H3/t11-,12?,13?,14?,15?,16+,17?,18+/m1/s1. The van der Waals surface area contributed by atoms with Crippen molar-refractivity contribution in [3.05, 3.63) is 0 Å². The lowest BCUT2D eigenvalue weighted by molar-refractivity contribution is -0.144. The number of rotatable bonds is 2. The molecular weight excluding hydrogens is 286 g/mol. The summed E-state index contributed by atoms with van der Waals surface area (Å²) in [5.74, 6) is 3.54. The lowest BCUT2D eigenvalue weighted by atomic mass is 9.50. The Morgan fingerprint density at radius 2 is 1.74 bits per heavy atom. The summed E-state index contributed by atoms with van der Waals surface area (Å²) >= 11 is 0. The van der Waals surface area contributed by atoms with Gasteiger partial charge in [-0.15, -0.1) is 0 Å². The molecule has 3 atom stereocenters. The third-order valence-electron chi connectivity index (χ3n) is 7.31. The highest BCUT2D eigenvalue weighted by Crippen LogP contribution is 2.57. The maximum atomic E-state index is 13.2. The van der Waals surface area contributed by atoms with Crippen LogP contribution in [-0.2, 0) is 4.79 Å². The van der Waals surface area contributed by atoms with Crippen molar-refractivity contribution in [3.63, 3.8) is 0 Å². The topological polar surface area (TPSA) is 70.1 Å². The molecule has 0 spiro atoms. The molecule has 0 aromatic rings. The predicted molar refractivity (Wildman–Crippen MR) is 88.1 cm³/mol. The van der Waals surface area contributed by atoms with Gasteiger partial charge >= 0.3 is 0 Å². The Kier molecular flexibility index (Phi) is 3.88. The fraction of sp³-hybridized carbons (Fsp3) is 0.895. The largest absolute Gasteiger partial charge is 0.323 e. The second-order valence-corrected chi connectivity index (χ2v) is 8.70. The van der Waals surface area contributed by atoms with Crippen LogP contribution in [0.3, 0.4) is 0 Å². The van der Waals surface area contributed by atoms with Gasteiger partial charge in [0.1, 0.15) is 6.04 Å². The minimum absolute atomic E-state index is 0.0567. The number of likely N-dealkylation sites (tertiary alicyclic amines) is 1. The highest BCUT2D eigenvalue weighted by atomic mass is 16.2. The maximum absolute atomic E-state index is 13.2. The molecule has 0 radical (unpaired) electrons. The number of amides is 1. The Labute approximate surface area is 139 Å². The van der Waals surface area contributed by atoms with E-state index >= 15 is 0 Å². The summed E-state index contributed by atoms with van der Waals surface area (Å²) in [4.78, 5) is 15.0. The molecule has 1 saturated heterocycles. The SMILES string of the molecule is C[C@@H]1CCC[C@@H](C#N)N1C(=O)[C@@H](N)C1C2CC3CC(C2)CC1C3. The second kappa shape index (κ2) is 5.77. The van der Waals surface area contributed by atoms with E-state index in [0.717, 1.165) is 31.1 Å². The smallest absolute Gasteiger partial charge is 0.241 e. The van der Waals surface area contributed by atoms with E-state index in [9.17, 15) is 10.1 Å². The van der Waals surface area contributed by atoms with Gasteiger partial charge in [-0.1, -0.05) is 0 Å². The molecule has 2 N–H and O–H groups in total. The van der Waals surface area contributed by atoms with Gasteiger partial charge in [-0.25, -0.2) is 0 Å². The van der Waals surface area contributed by atoms with Crippen LogP contribution in [0.1, 0.15) is 58.3 Å². The molecule has 4 saturated carbocycles. The van der Waals surface area contributed by atoms with Crippen molar-refractivity contribution in [2.75, 3.05) is 0 Å². The monoisotopic (exact) mass is 315 g/mol. The van der Waals surface area contributed by atoms with E-state index in [2.05, 4.69) is 13.0 Å². The van der Waals surface area contributed by atoms with Crippen LogP contribution >= 0.6 is 0 Å². The minimum atomic E-state index is -0.388. The number of nitrogens with zero attached hydrogens (tertiary/aromatic N) is 2. The molecule has 4 heteroatoms. The molecule has 126 valence electrons. The van der Waals surface area contributed by atoms with Crippen molar-refractivity contribution < 1.29 is 4.79 Å². The van der Waals surface area contributed by atoms with Crippen LogP contribution in [-0.4, -0.2) is 28.9 Å². The van der Waals surface area contributed by atoms with Crippen LogP contribution in [0.4, 0.5) is 0 Å². The molecular formula is C19H29N3O. The first kappa shape index (κ1) is 15.4. The van der Waals surface area contributed by atoms with E-state index in [-0.39, 0.29) is 24.0 Å². The summed E-state index contributed by atoms with van der Waals surface area (Å²) in [6.07, 6.45) is 9.41. The van der Waals surface area contributed by atoms with Gasteiger partial charge in [-0.2, -0.15) is 5.26 Å². The summed E-state index contributed by atoms with van der Waals surface area (Å²) in [7, 11) is 0. The Morgan fingerprint density at radius 1 is 1.13 bits per heavy atom. The van der Waals surface area contributed by atoms with Crippen molar-refractivity contribution in [3.8, 4) is 6.07 Å². The first-order chi connectivity index (χ1) is 11.1. The van der Waals surface area contributed by atoms with Gasteiger partial charge in [0.25, 0.3) is 0 Å². The Bertz CT molecular complexity index is 497. The normalized spacial score (nSPS) is 46.5. The third-order valence-corrected chi connectivity index (χ3v) is 7.31. The second-order valence-electron chi connectivity index (χ2n) is 8.70. The molecule has 4 nitrogen and oxygen atoms in total. The molecule has 1 aliphatic heterocycles. The molecule has 4 aliphatic carbocycles. The average Bonchev–Trinajstić information content (AvgIpc) is 2.52. The van der Waals surface area contributed by atoms with Crippen LogP contribution < -0.4 is 5.73 Å². The Morgan fingerprint density at radius 3 is 2.30 bits per heavy atom. The summed E-state index contributed by atoms with van der Waals surface area (Å²) < 4.78 is 0. The van der Waals surface area contributed by atoms with Gasteiger partial charge in [0.2, 0.25) is 5.91 Å². The molecule has 4 bridgehead atoms. The van der Waals surface area contributed by atoms with Crippen molar-refractivity contribution in [1.82, 2.24) is 4.90 Å². The third kappa shape index (κ3) is 2.48. The molecule has 0 aromatic carbocycles. The average molecular weight is 315 g/mol. The fourth-order valence-electron chi connectivity index (χ4n) is 6.58. The van der Waals surface area contributed by atoms with Gasteiger partial charge in [-0.05, 0) is 87.9 Å². The fourth-order valence-corrected chi connectivity index (χ4v) is 6.58. The van der Waals surface area contributed by atoms with E-state index < -0.39 is 0 Å². The number of carbonyl (C=O) groups is 1. The summed E-state index contributed by atoms with van der Waals surface area (Å²) in [5.41, 5.74) is 6.55. The number of carbonyl (C=O) groups excluding carboxylic acids is 1. The molecule has 23 heavy (non-hydrogen) atoms. The highest BCUT2D eigenvalue weighted by Gasteiger charge is 2.52. The highest BCUT2D eigenvalue weighted by molar-refractivity contribution is 5.83. The van der Waals surface area contributed by atoms with Crippen molar-refractivity contribution in [2.24, 2.45) is 35.3 Å². The Balaban J connectivity index is 1.53. The van der Waals surface area contributed by atoms with Gasteiger partial charge < -0.3 is 10.6 Å². The quantitative estimate of drug-likeness (QED) is 0.851. The molecule has 1 amide bonds. The number of piperidine rings is 1. The first-order valence-corrected chi connectivity index (χ1v) is 9.55. The van der Waals surface area contributed by atoms with E-state index in [1.165, 1.54) is 32.1 Å². The van der Waals surface area contributed by atoms with Gasteiger partial charge in [0.05, 0.1) is 12.1 Å². The number of hydrogen-bond donors (Lipinski definition) is 1. The molecule has 0 aromatic heterocycles. The number of nitriles is 1. The zero-order chi connectivity index (χ0) is 16.1. The molecule has 1 heterocycles. The molecule has 5 rings (SSSR count). The maximum Gasteiger partial charge on any atom is 0.241 e. The summed E-state index contributed by atoms with van der Waals surface area (Å²) in [6.45, 7) is 2.07. The van der Waals surface area contributed by atoms with Crippen LogP contribution in [0.5, 0.6) is 0 Å². The minimum Gasteiger partial charge on any atom is -0.323 e. The van der Waals surface area contributed by atoms with E-state index in [0.29, 0.717) is 17.8 Å². The molecule has 5 aliphatic rings. The van der Waals surface area contributed by atoms with Gasteiger partial charge in [0, 0.05) is 6.04 Å². The lowest BCUT2D eigenvalue weighted by Crippen LogP contribution is -2.60. The van der Waals surface area contributed by atoms with E-state index in [1.54, 1.807) is 0 Å². The van der Waals surface area contributed by atoms with Crippen LogP contribution in [0.15, 0.2) is 0 Å². The number of hydrogen-bond acceptors (Lipinski definition) is 3. The van der Waals surface area contributed by atoms with E-state index in [4.69, 9.17) is 5.73 Å². The zero-order valence-electron chi connectivity index (χ0n) is 14.2. The predicted octanol–water partition coefficient (Wildman–Crippen LogP) is 2.68. The summed E-state index contributed by atoms with van der Waals surface area (Å²) in [6, 6.07) is 1.84. The lowest BCUT2D eigenvalue weighted by Gasteiger charge is -2.56. The summed E-state index contributed by atoms with van der Waals surface area (Å²) in [5, 5.41) is 9.44. The molecule has 0 unspecified atom stereocenters. The van der Waals surface area contributed by atoms with Crippen molar-refractivity contribution in [2.45, 2.75) is 76.4 Å². The number of nitrogens with two attached hydrogens (primary N) is 1. The first-order valence-electron chi connectivity index (χ1n) is 9.55. The van der Waals surface area contributed by atoms with Crippen LogP contribution in [0, 0.1) is 40.9 Å². The van der Waals surface area contributed by atoms with Gasteiger partial charge in [0.15, 0.2) is 0 Å². The van der Waals surface area contributed by atoms with Gasteiger partial charge in [-0.3, -0.25) is 4.79 Å². The van der Waals surface area contributed by atoms with Crippen molar-refractivity contribution in [1.29, 1.82) is 5.26 Å². The molecule has 5 fully saturated rings.